The number of aromatic nitrogens is 2. The van der Waals surface area contributed by atoms with Gasteiger partial charge in [0.2, 0.25) is 11.7 Å². The molecule has 9 heteroatoms. The number of carbonyl (C=O) groups is 2. The first-order chi connectivity index (χ1) is 13.1. The minimum Gasteiger partial charge on any atom is -0.452 e. The fourth-order valence-corrected chi connectivity index (χ4v) is 3.64. The van der Waals surface area contributed by atoms with Crippen LogP contribution in [0, 0.1) is 0 Å². The van der Waals surface area contributed by atoms with Crippen molar-refractivity contribution >= 4 is 40.5 Å². The molecule has 1 fully saturated rings. The Morgan fingerprint density at radius 1 is 1.37 bits per heavy atom. The second-order valence-corrected chi connectivity index (χ2v) is 7.26. The molecule has 0 N–H and O–H groups in total. The van der Waals surface area contributed by atoms with Gasteiger partial charge in [0, 0.05) is 18.0 Å². The smallest absolute Gasteiger partial charge is 0.340 e. The third-order valence-corrected chi connectivity index (χ3v) is 5.18. The quantitative estimate of drug-likeness (QED) is 0.600. The Labute approximate surface area is 163 Å². The molecule has 0 saturated carbocycles. The number of rotatable bonds is 5. The van der Waals surface area contributed by atoms with Crippen LogP contribution in [0.5, 0.6) is 0 Å². The Kier molecular flexibility index (Phi) is 4.91. The van der Waals surface area contributed by atoms with E-state index in [-0.39, 0.29) is 24.0 Å². The molecular weight excluding hydrogens is 390 g/mol. The molecule has 0 spiro atoms. The normalized spacial score (nSPS) is 14.0. The van der Waals surface area contributed by atoms with Gasteiger partial charge in [0.1, 0.15) is 0 Å². The number of esters is 1. The van der Waals surface area contributed by atoms with Crippen molar-refractivity contribution in [3.05, 3.63) is 52.2 Å². The maximum atomic E-state index is 12.6. The summed E-state index contributed by atoms with van der Waals surface area (Å²) in [7, 11) is 0. The van der Waals surface area contributed by atoms with Gasteiger partial charge in [-0.05, 0) is 36.1 Å². The fourth-order valence-electron chi connectivity index (χ4n) is 2.83. The molecule has 1 aromatic carbocycles. The van der Waals surface area contributed by atoms with Crippen molar-refractivity contribution < 1.29 is 18.8 Å². The minimum atomic E-state index is -0.586. The molecule has 0 bridgehead atoms. The summed E-state index contributed by atoms with van der Waals surface area (Å²) < 4.78 is 10.4. The summed E-state index contributed by atoms with van der Waals surface area (Å²) in [4.78, 5) is 31.3. The van der Waals surface area contributed by atoms with Gasteiger partial charge < -0.3 is 14.2 Å². The number of benzene rings is 1. The van der Waals surface area contributed by atoms with Crippen molar-refractivity contribution in [1.82, 2.24) is 10.1 Å². The summed E-state index contributed by atoms with van der Waals surface area (Å²) in [6.07, 6.45) is 1.20. The fraction of sp³-hybridized carbons (Fsp3) is 0.222. The molecule has 3 heterocycles. The molecule has 0 radical (unpaired) electrons. The molecule has 1 saturated heterocycles. The number of anilines is 1. The third-order valence-electron chi connectivity index (χ3n) is 4.08. The number of hydrogen-bond donors (Lipinski definition) is 0. The standard InChI is InChI=1S/C18H14ClN3O4S/c19-11-5-6-12(13(9-11)22-7-1-4-16(22)23)18(24)25-10-15-20-17(21-26-15)14-3-2-8-27-14/h2-3,5-6,8-9H,1,4,7,10H2. The third kappa shape index (κ3) is 3.72. The number of nitrogens with zero attached hydrogens (tertiary/aromatic N) is 3. The van der Waals surface area contributed by atoms with E-state index in [0.29, 0.717) is 29.5 Å². The first-order valence-electron chi connectivity index (χ1n) is 8.25. The van der Waals surface area contributed by atoms with Crippen LogP contribution < -0.4 is 4.90 Å². The van der Waals surface area contributed by atoms with Gasteiger partial charge in [-0.2, -0.15) is 4.98 Å². The van der Waals surface area contributed by atoms with Gasteiger partial charge in [-0.3, -0.25) is 4.79 Å². The lowest BCUT2D eigenvalue weighted by atomic mass is 10.1. The van der Waals surface area contributed by atoms with Crippen LogP contribution in [0.4, 0.5) is 5.69 Å². The number of hydrogen-bond acceptors (Lipinski definition) is 7. The van der Waals surface area contributed by atoms with Gasteiger partial charge in [0.15, 0.2) is 6.61 Å². The SMILES string of the molecule is O=C(OCc1nc(-c2cccs2)no1)c1ccc(Cl)cc1N1CCCC1=O. The average molecular weight is 404 g/mol. The Morgan fingerprint density at radius 2 is 2.26 bits per heavy atom. The highest BCUT2D eigenvalue weighted by Gasteiger charge is 2.27. The van der Waals surface area contributed by atoms with E-state index in [1.165, 1.54) is 11.3 Å². The second-order valence-electron chi connectivity index (χ2n) is 5.88. The molecular formula is C18H14ClN3O4S. The largest absolute Gasteiger partial charge is 0.452 e. The number of halogens is 1. The van der Waals surface area contributed by atoms with E-state index in [4.69, 9.17) is 20.9 Å². The molecule has 1 amide bonds. The number of thiophene rings is 1. The van der Waals surface area contributed by atoms with E-state index in [1.807, 2.05) is 17.5 Å². The molecule has 4 rings (SSSR count). The predicted molar refractivity (Wildman–Crippen MR) is 99.8 cm³/mol. The minimum absolute atomic E-state index is 0.0381. The maximum absolute atomic E-state index is 12.6. The Bertz CT molecular complexity index is 986. The molecule has 2 aromatic heterocycles. The van der Waals surface area contributed by atoms with Gasteiger partial charge >= 0.3 is 5.97 Å². The Morgan fingerprint density at radius 3 is 3.00 bits per heavy atom. The maximum Gasteiger partial charge on any atom is 0.340 e. The molecule has 0 atom stereocenters. The molecule has 7 nitrogen and oxygen atoms in total. The first kappa shape index (κ1) is 17.7. The predicted octanol–water partition coefficient (Wildman–Crippen LogP) is 3.94. The molecule has 0 aliphatic carbocycles. The highest BCUT2D eigenvalue weighted by molar-refractivity contribution is 7.13. The van der Waals surface area contributed by atoms with E-state index < -0.39 is 5.97 Å². The lowest BCUT2D eigenvalue weighted by Crippen LogP contribution is -2.26. The molecule has 3 aromatic rings. The van der Waals surface area contributed by atoms with Crippen molar-refractivity contribution in [1.29, 1.82) is 0 Å². The van der Waals surface area contributed by atoms with E-state index in [1.54, 1.807) is 23.1 Å². The van der Waals surface area contributed by atoms with Crippen molar-refractivity contribution in [3.8, 4) is 10.7 Å². The Hall–Kier alpha value is -2.71. The number of amides is 1. The summed E-state index contributed by atoms with van der Waals surface area (Å²) in [5.74, 6) is 0.0199. The van der Waals surface area contributed by atoms with Crippen molar-refractivity contribution in [3.63, 3.8) is 0 Å². The van der Waals surface area contributed by atoms with Crippen LogP contribution in [-0.2, 0) is 16.1 Å². The van der Waals surface area contributed by atoms with Gasteiger partial charge in [0.05, 0.1) is 16.1 Å². The monoisotopic (exact) mass is 403 g/mol. The summed E-state index contributed by atoms with van der Waals surface area (Å²) >= 11 is 7.54. The highest BCUT2D eigenvalue weighted by atomic mass is 35.5. The van der Waals surface area contributed by atoms with E-state index >= 15 is 0 Å². The topological polar surface area (TPSA) is 85.5 Å². The van der Waals surface area contributed by atoms with Crippen LogP contribution in [-0.4, -0.2) is 28.6 Å². The van der Waals surface area contributed by atoms with Crippen molar-refractivity contribution in [2.24, 2.45) is 0 Å². The summed E-state index contributed by atoms with van der Waals surface area (Å²) in [6, 6.07) is 8.50. The van der Waals surface area contributed by atoms with Crippen molar-refractivity contribution in [2.45, 2.75) is 19.4 Å². The van der Waals surface area contributed by atoms with Crippen LogP contribution >= 0.6 is 22.9 Å². The van der Waals surface area contributed by atoms with E-state index in [2.05, 4.69) is 10.1 Å². The van der Waals surface area contributed by atoms with Crippen LogP contribution in [0.25, 0.3) is 10.7 Å². The molecule has 0 unspecified atom stereocenters. The molecule has 27 heavy (non-hydrogen) atoms. The zero-order valence-electron chi connectivity index (χ0n) is 14.1. The van der Waals surface area contributed by atoms with Crippen LogP contribution in [0.3, 0.4) is 0 Å². The average Bonchev–Trinajstić information content (AvgIpc) is 3.40. The van der Waals surface area contributed by atoms with Crippen LogP contribution in [0.1, 0.15) is 29.1 Å². The lowest BCUT2D eigenvalue weighted by molar-refractivity contribution is -0.117. The van der Waals surface area contributed by atoms with E-state index in [9.17, 15) is 9.59 Å². The molecule has 1 aliphatic rings. The molecule has 1 aliphatic heterocycles. The van der Waals surface area contributed by atoms with Gasteiger partial charge in [-0.15, -0.1) is 11.3 Å². The lowest BCUT2D eigenvalue weighted by Gasteiger charge is -2.19. The summed E-state index contributed by atoms with van der Waals surface area (Å²) in [5.41, 5.74) is 0.729. The van der Waals surface area contributed by atoms with Crippen LogP contribution in [0.2, 0.25) is 5.02 Å². The number of ether oxygens (including phenoxy) is 1. The zero-order chi connectivity index (χ0) is 18.8. The second kappa shape index (κ2) is 7.50. The van der Waals surface area contributed by atoms with Crippen molar-refractivity contribution in [2.75, 3.05) is 11.4 Å². The van der Waals surface area contributed by atoms with Gasteiger partial charge in [-0.1, -0.05) is 22.8 Å². The van der Waals surface area contributed by atoms with Crippen LogP contribution in [0.15, 0.2) is 40.2 Å². The first-order valence-corrected chi connectivity index (χ1v) is 9.51. The number of carbonyl (C=O) groups excluding carboxylic acids is 2. The van der Waals surface area contributed by atoms with Gasteiger partial charge in [0.25, 0.3) is 5.89 Å². The molecule has 138 valence electrons. The Balaban J connectivity index is 1.49. The van der Waals surface area contributed by atoms with E-state index in [0.717, 1.165) is 11.3 Å². The highest BCUT2D eigenvalue weighted by Crippen LogP contribution is 2.29. The van der Waals surface area contributed by atoms with Gasteiger partial charge in [-0.25, -0.2) is 4.79 Å². The summed E-state index contributed by atoms with van der Waals surface area (Å²) in [5, 5.41) is 6.23. The summed E-state index contributed by atoms with van der Waals surface area (Å²) in [6.45, 7) is 0.389. The zero-order valence-corrected chi connectivity index (χ0v) is 15.6.